The van der Waals surface area contributed by atoms with Crippen LogP contribution in [-0.2, 0) is 4.74 Å². The van der Waals surface area contributed by atoms with Crippen LogP contribution in [-0.4, -0.2) is 24.3 Å². The zero-order chi connectivity index (χ0) is 15.2. The standard InChI is InChI=1S/C18H22O3/c1-13(2)15-7-5-6-14-8-9-16(17(14)12-15)18(20)21-11-4-3-10-19/h5-9,12-13,19H,3-4,10-11H2,1-2H3. The summed E-state index contributed by atoms with van der Waals surface area (Å²) in [6.07, 6.45) is 1.34. The molecular formula is C18H22O3. The van der Waals surface area contributed by atoms with Gasteiger partial charge in [-0.1, -0.05) is 44.2 Å². The third-order valence-electron chi connectivity index (χ3n) is 3.58. The quantitative estimate of drug-likeness (QED) is 0.648. The Bertz CT molecular complexity index is 575. The van der Waals surface area contributed by atoms with E-state index in [0.29, 0.717) is 30.9 Å². The van der Waals surface area contributed by atoms with Crippen molar-refractivity contribution in [2.45, 2.75) is 32.6 Å². The normalized spacial score (nSPS) is 11.0. The maximum absolute atomic E-state index is 12.2. The fraction of sp³-hybridized carbons (Fsp3) is 0.389. The van der Waals surface area contributed by atoms with Gasteiger partial charge in [0.15, 0.2) is 0 Å². The van der Waals surface area contributed by atoms with Gasteiger partial charge in [-0.15, -0.1) is 0 Å². The summed E-state index contributed by atoms with van der Waals surface area (Å²) in [6.45, 7) is 4.75. The lowest BCUT2D eigenvalue weighted by Crippen LogP contribution is -2.06. The molecular weight excluding hydrogens is 264 g/mol. The minimum Gasteiger partial charge on any atom is -0.462 e. The van der Waals surface area contributed by atoms with Crippen molar-refractivity contribution in [3.8, 4) is 11.1 Å². The van der Waals surface area contributed by atoms with Crippen molar-refractivity contribution in [3.63, 3.8) is 0 Å². The molecule has 0 unspecified atom stereocenters. The van der Waals surface area contributed by atoms with E-state index in [4.69, 9.17) is 9.84 Å². The first-order chi connectivity index (χ1) is 10.1. The van der Waals surface area contributed by atoms with Crippen molar-refractivity contribution in [1.29, 1.82) is 0 Å². The van der Waals surface area contributed by atoms with Gasteiger partial charge in [0.1, 0.15) is 0 Å². The van der Waals surface area contributed by atoms with E-state index in [-0.39, 0.29) is 12.6 Å². The Morgan fingerprint density at radius 1 is 1.19 bits per heavy atom. The summed E-state index contributed by atoms with van der Waals surface area (Å²) in [5.74, 6) is 0.118. The number of fused-ring (bicyclic) bond motifs is 1. The summed E-state index contributed by atoms with van der Waals surface area (Å²) < 4.78 is 5.28. The van der Waals surface area contributed by atoms with Crippen molar-refractivity contribution in [1.82, 2.24) is 0 Å². The van der Waals surface area contributed by atoms with Crippen LogP contribution in [0.5, 0.6) is 0 Å². The number of hydrogen-bond acceptors (Lipinski definition) is 3. The Kier molecular flexibility index (Phi) is 5.34. The molecule has 2 aliphatic carbocycles. The van der Waals surface area contributed by atoms with Gasteiger partial charge < -0.3 is 9.84 Å². The number of hydrogen-bond donors (Lipinski definition) is 1. The number of carbonyl (C=O) groups is 1. The number of unbranched alkanes of at least 4 members (excludes halogenated alkanes) is 1. The molecule has 0 amide bonds. The lowest BCUT2D eigenvalue weighted by molar-refractivity contribution is 0.0494. The lowest BCUT2D eigenvalue weighted by Gasteiger charge is -2.06. The highest BCUT2D eigenvalue weighted by Crippen LogP contribution is 2.30. The molecule has 0 aliphatic heterocycles. The van der Waals surface area contributed by atoms with Crippen LogP contribution < -0.4 is 0 Å². The molecule has 3 heteroatoms. The molecule has 1 N–H and O–H groups in total. The molecule has 0 saturated carbocycles. The Morgan fingerprint density at radius 2 is 2.00 bits per heavy atom. The van der Waals surface area contributed by atoms with Crippen molar-refractivity contribution in [2.24, 2.45) is 0 Å². The predicted molar refractivity (Wildman–Crippen MR) is 83.8 cm³/mol. The average Bonchev–Trinajstić information content (AvgIpc) is 2.73. The summed E-state index contributed by atoms with van der Waals surface area (Å²) in [5, 5.41) is 8.73. The second-order valence-corrected chi connectivity index (χ2v) is 5.51. The minimum atomic E-state index is -0.288. The van der Waals surface area contributed by atoms with Gasteiger partial charge in [-0.3, -0.25) is 0 Å². The van der Waals surface area contributed by atoms with Crippen LogP contribution in [0.3, 0.4) is 0 Å². The number of aliphatic hydroxyl groups excluding tert-OH is 1. The molecule has 0 bridgehead atoms. The second kappa shape index (κ2) is 7.23. The van der Waals surface area contributed by atoms with Crippen LogP contribution in [0.4, 0.5) is 0 Å². The predicted octanol–water partition coefficient (Wildman–Crippen LogP) is 3.84. The van der Waals surface area contributed by atoms with Gasteiger partial charge in [-0.05, 0) is 41.5 Å². The summed E-state index contributed by atoms with van der Waals surface area (Å²) in [5.41, 5.74) is 3.80. The van der Waals surface area contributed by atoms with Gasteiger partial charge >= 0.3 is 5.97 Å². The van der Waals surface area contributed by atoms with E-state index in [2.05, 4.69) is 26.0 Å². The van der Waals surface area contributed by atoms with Crippen LogP contribution >= 0.6 is 0 Å². The van der Waals surface area contributed by atoms with Crippen LogP contribution in [0.2, 0.25) is 0 Å². The Hall–Kier alpha value is -1.87. The fourth-order valence-electron chi connectivity index (χ4n) is 2.29. The molecule has 3 nitrogen and oxygen atoms in total. The first kappa shape index (κ1) is 15.5. The van der Waals surface area contributed by atoms with E-state index < -0.39 is 0 Å². The van der Waals surface area contributed by atoms with Gasteiger partial charge in [0.2, 0.25) is 0 Å². The van der Waals surface area contributed by atoms with Crippen molar-refractivity contribution in [3.05, 3.63) is 47.5 Å². The topological polar surface area (TPSA) is 46.5 Å². The third-order valence-corrected chi connectivity index (χ3v) is 3.58. The largest absolute Gasteiger partial charge is 0.462 e. The van der Waals surface area contributed by atoms with Crippen LogP contribution in [0, 0.1) is 0 Å². The van der Waals surface area contributed by atoms with Crippen LogP contribution in [0.15, 0.2) is 36.4 Å². The molecule has 0 atom stereocenters. The summed E-state index contributed by atoms with van der Waals surface area (Å²) in [4.78, 5) is 12.2. The van der Waals surface area contributed by atoms with Gasteiger partial charge in [0.05, 0.1) is 12.2 Å². The number of ether oxygens (including phenoxy) is 1. The van der Waals surface area contributed by atoms with Crippen LogP contribution in [0.1, 0.15) is 48.5 Å². The number of carbonyl (C=O) groups excluding carboxylic acids is 1. The highest BCUT2D eigenvalue weighted by atomic mass is 16.5. The SMILES string of the molecule is CC(C)c1cccc2ccc(C(=O)OCCCCO)c-2c1. The van der Waals surface area contributed by atoms with E-state index in [1.54, 1.807) is 0 Å². The van der Waals surface area contributed by atoms with Crippen molar-refractivity contribution in [2.75, 3.05) is 13.2 Å². The van der Waals surface area contributed by atoms with Crippen molar-refractivity contribution < 1.29 is 14.6 Å². The lowest BCUT2D eigenvalue weighted by atomic mass is 10.0. The highest BCUT2D eigenvalue weighted by molar-refractivity contribution is 5.99. The van der Waals surface area contributed by atoms with E-state index in [1.165, 1.54) is 5.56 Å². The van der Waals surface area contributed by atoms with E-state index >= 15 is 0 Å². The van der Waals surface area contributed by atoms with Gasteiger partial charge in [0.25, 0.3) is 0 Å². The molecule has 0 aromatic rings. The first-order valence-electron chi connectivity index (χ1n) is 7.44. The monoisotopic (exact) mass is 286 g/mol. The molecule has 0 spiro atoms. The zero-order valence-electron chi connectivity index (χ0n) is 12.6. The molecule has 2 aliphatic rings. The smallest absolute Gasteiger partial charge is 0.338 e. The third kappa shape index (κ3) is 3.82. The molecule has 0 heterocycles. The Morgan fingerprint density at radius 3 is 2.71 bits per heavy atom. The zero-order valence-corrected chi connectivity index (χ0v) is 12.6. The fourth-order valence-corrected chi connectivity index (χ4v) is 2.29. The second-order valence-electron chi connectivity index (χ2n) is 5.51. The minimum absolute atomic E-state index is 0.129. The maximum atomic E-state index is 12.2. The van der Waals surface area contributed by atoms with Crippen molar-refractivity contribution >= 4 is 5.97 Å². The number of rotatable bonds is 6. The number of aliphatic hydroxyl groups is 1. The van der Waals surface area contributed by atoms with E-state index in [1.807, 2.05) is 24.3 Å². The molecule has 0 saturated heterocycles. The molecule has 0 radical (unpaired) electrons. The van der Waals surface area contributed by atoms with Gasteiger partial charge in [-0.25, -0.2) is 4.79 Å². The molecule has 0 aromatic carbocycles. The first-order valence-corrected chi connectivity index (χ1v) is 7.44. The molecule has 112 valence electrons. The molecule has 2 rings (SSSR count). The van der Waals surface area contributed by atoms with E-state index in [0.717, 1.165) is 11.1 Å². The summed E-state index contributed by atoms with van der Waals surface area (Å²) >= 11 is 0. The Balaban J connectivity index is 2.21. The molecule has 0 fully saturated rings. The maximum Gasteiger partial charge on any atom is 0.338 e. The summed E-state index contributed by atoms with van der Waals surface area (Å²) in [7, 11) is 0. The average molecular weight is 286 g/mol. The molecule has 0 aromatic heterocycles. The van der Waals surface area contributed by atoms with E-state index in [9.17, 15) is 4.79 Å². The molecule has 21 heavy (non-hydrogen) atoms. The Labute approximate surface area is 125 Å². The summed E-state index contributed by atoms with van der Waals surface area (Å²) in [6, 6.07) is 12.0. The highest BCUT2D eigenvalue weighted by Gasteiger charge is 2.17. The van der Waals surface area contributed by atoms with Gasteiger partial charge in [-0.2, -0.15) is 0 Å². The van der Waals surface area contributed by atoms with Crippen LogP contribution in [0.25, 0.3) is 11.1 Å². The number of esters is 1. The van der Waals surface area contributed by atoms with Gasteiger partial charge in [0, 0.05) is 6.61 Å².